The summed E-state index contributed by atoms with van der Waals surface area (Å²) in [6.07, 6.45) is 2.30. The zero-order valence-corrected chi connectivity index (χ0v) is 16.8. The van der Waals surface area contributed by atoms with Crippen molar-refractivity contribution in [2.24, 2.45) is 5.92 Å². The van der Waals surface area contributed by atoms with Gasteiger partial charge in [-0.1, -0.05) is 18.7 Å². The third kappa shape index (κ3) is 4.91. The van der Waals surface area contributed by atoms with Crippen LogP contribution in [0.2, 0.25) is 0 Å². The van der Waals surface area contributed by atoms with E-state index < -0.39 is 0 Å². The predicted octanol–water partition coefficient (Wildman–Crippen LogP) is 3.51. The van der Waals surface area contributed by atoms with E-state index in [0.29, 0.717) is 23.2 Å². The van der Waals surface area contributed by atoms with Crippen LogP contribution in [0.4, 0.5) is 0 Å². The largest absolute Gasteiger partial charge is 0.493 e. The van der Waals surface area contributed by atoms with E-state index in [4.69, 9.17) is 9.47 Å². The lowest BCUT2D eigenvalue weighted by atomic mass is 10.0. The molecule has 1 aromatic heterocycles. The number of nitrogens with zero attached hydrogens (tertiary/aromatic N) is 3. The first-order valence-electron chi connectivity index (χ1n) is 9.07. The van der Waals surface area contributed by atoms with Crippen LogP contribution in [0.3, 0.4) is 0 Å². The first-order chi connectivity index (χ1) is 13.1. The van der Waals surface area contributed by atoms with Gasteiger partial charge in [-0.3, -0.25) is 4.79 Å². The summed E-state index contributed by atoms with van der Waals surface area (Å²) in [4.78, 5) is 14.3. The summed E-state index contributed by atoms with van der Waals surface area (Å²) < 4.78 is 10.6. The van der Waals surface area contributed by atoms with Gasteiger partial charge >= 0.3 is 0 Å². The number of methoxy groups -OCH3 is 2. The van der Waals surface area contributed by atoms with Crippen molar-refractivity contribution >= 4 is 17.7 Å². The molecule has 27 heavy (non-hydrogen) atoms. The SMILES string of the molecule is COc1ccc(-c2ccc(SCC(=O)N3CCC[C@@H](C)C3)nn2)cc1OC. The molecule has 6 nitrogen and oxygen atoms in total. The summed E-state index contributed by atoms with van der Waals surface area (Å²) in [5.74, 6) is 2.49. The van der Waals surface area contributed by atoms with Gasteiger partial charge in [0.25, 0.3) is 0 Å². The second kappa shape index (κ2) is 9.08. The second-order valence-corrected chi connectivity index (χ2v) is 7.70. The van der Waals surface area contributed by atoms with Gasteiger partial charge in [0, 0.05) is 18.7 Å². The maximum Gasteiger partial charge on any atom is 0.232 e. The van der Waals surface area contributed by atoms with E-state index in [0.717, 1.165) is 35.8 Å². The van der Waals surface area contributed by atoms with Crippen molar-refractivity contribution in [3.63, 3.8) is 0 Å². The molecule has 144 valence electrons. The van der Waals surface area contributed by atoms with Crippen molar-refractivity contribution < 1.29 is 14.3 Å². The van der Waals surface area contributed by atoms with E-state index in [-0.39, 0.29) is 5.91 Å². The van der Waals surface area contributed by atoms with Gasteiger partial charge in [0.15, 0.2) is 11.5 Å². The van der Waals surface area contributed by atoms with E-state index >= 15 is 0 Å². The maximum absolute atomic E-state index is 12.4. The van der Waals surface area contributed by atoms with Crippen molar-refractivity contribution in [3.05, 3.63) is 30.3 Å². The molecule has 1 amide bonds. The monoisotopic (exact) mass is 387 g/mol. The summed E-state index contributed by atoms with van der Waals surface area (Å²) in [6.45, 7) is 3.93. The van der Waals surface area contributed by atoms with E-state index in [2.05, 4.69) is 17.1 Å². The number of carbonyl (C=O) groups excluding carboxylic acids is 1. The zero-order valence-electron chi connectivity index (χ0n) is 16.0. The van der Waals surface area contributed by atoms with Gasteiger partial charge in [0.2, 0.25) is 5.91 Å². The number of hydrogen-bond acceptors (Lipinski definition) is 6. The molecule has 0 saturated carbocycles. The van der Waals surface area contributed by atoms with Gasteiger partial charge in [-0.2, -0.15) is 0 Å². The fourth-order valence-electron chi connectivity index (χ4n) is 3.19. The molecule has 0 unspecified atom stereocenters. The number of piperidine rings is 1. The highest BCUT2D eigenvalue weighted by atomic mass is 32.2. The molecular formula is C20H25N3O3S. The average Bonchev–Trinajstić information content (AvgIpc) is 2.71. The molecule has 1 atom stereocenters. The Morgan fingerprint density at radius 1 is 1.19 bits per heavy atom. The minimum atomic E-state index is 0.178. The van der Waals surface area contributed by atoms with Gasteiger partial charge in [-0.15, -0.1) is 10.2 Å². The number of thioether (sulfide) groups is 1. The van der Waals surface area contributed by atoms with Crippen molar-refractivity contribution in [1.82, 2.24) is 15.1 Å². The molecular weight excluding hydrogens is 362 g/mol. The molecule has 0 spiro atoms. The van der Waals surface area contributed by atoms with Crippen molar-refractivity contribution in [2.45, 2.75) is 24.8 Å². The van der Waals surface area contributed by atoms with E-state index in [9.17, 15) is 4.79 Å². The fourth-order valence-corrected chi connectivity index (χ4v) is 3.91. The number of aromatic nitrogens is 2. The first kappa shape index (κ1) is 19.5. The molecule has 0 radical (unpaired) electrons. The van der Waals surface area contributed by atoms with Gasteiger partial charge in [-0.25, -0.2) is 0 Å². The highest BCUT2D eigenvalue weighted by Gasteiger charge is 2.21. The lowest BCUT2D eigenvalue weighted by Gasteiger charge is -2.30. The van der Waals surface area contributed by atoms with Gasteiger partial charge < -0.3 is 14.4 Å². The van der Waals surface area contributed by atoms with Crippen LogP contribution in [0.15, 0.2) is 35.4 Å². The third-order valence-corrected chi connectivity index (χ3v) is 5.58. The molecule has 2 heterocycles. The van der Waals surface area contributed by atoms with Crippen LogP contribution in [0.25, 0.3) is 11.3 Å². The van der Waals surface area contributed by atoms with Crippen LogP contribution >= 0.6 is 11.8 Å². The molecule has 1 saturated heterocycles. The van der Waals surface area contributed by atoms with Crippen LogP contribution in [0, 0.1) is 5.92 Å². The van der Waals surface area contributed by atoms with Crippen LogP contribution in [-0.2, 0) is 4.79 Å². The minimum absolute atomic E-state index is 0.178. The van der Waals surface area contributed by atoms with Gasteiger partial charge in [0.1, 0.15) is 5.03 Å². The Kier molecular flexibility index (Phi) is 6.55. The quantitative estimate of drug-likeness (QED) is 0.707. The number of likely N-dealkylation sites (tertiary alicyclic amines) is 1. The molecule has 1 aliphatic heterocycles. The van der Waals surface area contributed by atoms with Crippen LogP contribution in [-0.4, -0.2) is 54.1 Å². The standard InChI is InChI=1S/C20H25N3O3S/c1-14-5-4-10-23(12-14)20(24)13-27-19-9-7-16(21-22-19)15-6-8-17(25-2)18(11-15)26-3/h6-9,11,14H,4-5,10,12-13H2,1-3H3/t14-/m1/s1. The molecule has 0 bridgehead atoms. The van der Waals surface area contributed by atoms with Crippen LogP contribution in [0.1, 0.15) is 19.8 Å². The van der Waals surface area contributed by atoms with Crippen molar-refractivity contribution in [2.75, 3.05) is 33.1 Å². The van der Waals surface area contributed by atoms with Gasteiger partial charge in [0.05, 0.1) is 25.7 Å². The second-order valence-electron chi connectivity index (χ2n) is 6.70. The number of carbonyl (C=O) groups is 1. The summed E-state index contributed by atoms with van der Waals surface area (Å²) in [7, 11) is 3.21. The Hall–Kier alpha value is -2.28. The van der Waals surface area contributed by atoms with E-state index in [1.54, 1.807) is 14.2 Å². The Morgan fingerprint density at radius 3 is 2.67 bits per heavy atom. The summed E-state index contributed by atoms with van der Waals surface area (Å²) in [5.41, 5.74) is 1.64. The Balaban J connectivity index is 1.61. The molecule has 2 aromatic rings. The Labute approximate surface area is 164 Å². The zero-order chi connectivity index (χ0) is 19.2. The molecule has 0 aliphatic carbocycles. The topological polar surface area (TPSA) is 64.5 Å². The number of rotatable bonds is 6. The lowest BCUT2D eigenvalue weighted by Crippen LogP contribution is -2.40. The first-order valence-corrected chi connectivity index (χ1v) is 10.1. The number of hydrogen-bond donors (Lipinski definition) is 0. The number of benzene rings is 1. The minimum Gasteiger partial charge on any atom is -0.493 e. The molecule has 1 fully saturated rings. The Morgan fingerprint density at radius 2 is 2.00 bits per heavy atom. The summed E-state index contributed by atoms with van der Waals surface area (Å²) >= 11 is 1.43. The smallest absolute Gasteiger partial charge is 0.232 e. The third-order valence-electron chi connectivity index (χ3n) is 4.67. The van der Waals surface area contributed by atoms with Crippen molar-refractivity contribution in [3.8, 4) is 22.8 Å². The normalized spacial score (nSPS) is 16.9. The van der Waals surface area contributed by atoms with Crippen LogP contribution in [0.5, 0.6) is 11.5 Å². The molecule has 7 heteroatoms. The summed E-state index contributed by atoms with van der Waals surface area (Å²) in [5, 5.41) is 9.29. The summed E-state index contributed by atoms with van der Waals surface area (Å²) in [6, 6.07) is 9.44. The average molecular weight is 388 g/mol. The lowest BCUT2D eigenvalue weighted by molar-refractivity contribution is -0.130. The Bertz CT molecular complexity index is 783. The van der Waals surface area contributed by atoms with E-state index in [1.807, 2.05) is 35.2 Å². The molecule has 3 rings (SSSR count). The number of ether oxygens (including phenoxy) is 2. The maximum atomic E-state index is 12.4. The van der Waals surface area contributed by atoms with Crippen LogP contribution < -0.4 is 9.47 Å². The predicted molar refractivity (Wildman–Crippen MR) is 106 cm³/mol. The fraction of sp³-hybridized carbons (Fsp3) is 0.450. The highest BCUT2D eigenvalue weighted by molar-refractivity contribution is 7.99. The molecule has 1 aromatic carbocycles. The highest BCUT2D eigenvalue weighted by Crippen LogP contribution is 2.31. The molecule has 0 N–H and O–H groups in total. The number of amides is 1. The van der Waals surface area contributed by atoms with E-state index in [1.165, 1.54) is 18.2 Å². The van der Waals surface area contributed by atoms with Gasteiger partial charge in [-0.05, 0) is 49.1 Å². The van der Waals surface area contributed by atoms with Crippen molar-refractivity contribution in [1.29, 1.82) is 0 Å². The molecule has 1 aliphatic rings.